The fraction of sp³-hybridized carbons (Fsp3) is 0.333. The molecular formula is C12H12O4. The van der Waals surface area contributed by atoms with Crippen molar-refractivity contribution in [3.8, 4) is 0 Å². The van der Waals surface area contributed by atoms with Gasteiger partial charge in [0.15, 0.2) is 11.2 Å². The number of rotatable bonds is 3. The van der Waals surface area contributed by atoms with Crippen LogP contribution in [0.25, 0.3) is 0 Å². The van der Waals surface area contributed by atoms with Gasteiger partial charge in [-0.25, -0.2) is 0 Å². The number of Topliss-reactive ketones (excluding diaryl/α,β-unsaturated/α-hetero) is 1. The first-order chi connectivity index (χ1) is 7.70. The first-order valence-electron chi connectivity index (χ1n) is 5.09. The van der Waals surface area contributed by atoms with Gasteiger partial charge in [-0.2, -0.15) is 0 Å². The third-order valence-corrected chi connectivity index (χ3v) is 2.89. The fourth-order valence-electron chi connectivity index (χ4n) is 1.85. The third-order valence-electron chi connectivity index (χ3n) is 2.89. The zero-order valence-corrected chi connectivity index (χ0v) is 8.68. The minimum absolute atomic E-state index is 0.192. The summed E-state index contributed by atoms with van der Waals surface area (Å²) in [6, 6.07) is 8.49. The van der Waals surface area contributed by atoms with E-state index >= 15 is 0 Å². The number of carbonyl (C=O) groups excluding carboxylic acids is 2. The summed E-state index contributed by atoms with van der Waals surface area (Å²) < 4.78 is 4.78. The predicted molar refractivity (Wildman–Crippen MR) is 55.9 cm³/mol. The number of benzene rings is 1. The molecular weight excluding hydrogens is 208 g/mol. The maximum atomic E-state index is 12.1. The van der Waals surface area contributed by atoms with Gasteiger partial charge in [0.05, 0.1) is 13.2 Å². The molecule has 0 amide bonds. The summed E-state index contributed by atoms with van der Waals surface area (Å²) in [6.07, 6.45) is 0.246. The molecule has 0 bridgehead atoms. The molecule has 1 aromatic carbocycles. The highest BCUT2D eigenvalue weighted by atomic mass is 16.5. The molecule has 1 unspecified atom stereocenters. The van der Waals surface area contributed by atoms with Crippen LogP contribution in [0.5, 0.6) is 0 Å². The van der Waals surface area contributed by atoms with Crippen LogP contribution >= 0.6 is 0 Å². The van der Waals surface area contributed by atoms with E-state index in [0.29, 0.717) is 5.56 Å². The van der Waals surface area contributed by atoms with Gasteiger partial charge in [0.2, 0.25) is 0 Å². The molecule has 84 valence electrons. The van der Waals surface area contributed by atoms with Crippen molar-refractivity contribution < 1.29 is 19.4 Å². The lowest BCUT2D eigenvalue weighted by Gasteiger charge is -2.19. The normalized spacial score (nSPS) is 24.2. The van der Waals surface area contributed by atoms with Crippen LogP contribution in [0.2, 0.25) is 0 Å². The molecule has 0 radical (unpaired) electrons. The van der Waals surface area contributed by atoms with Crippen molar-refractivity contribution in [3.63, 3.8) is 0 Å². The second-order valence-electron chi connectivity index (χ2n) is 3.82. The van der Waals surface area contributed by atoms with E-state index in [1.54, 1.807) is 30.3 Å². The number of hydrogen-bond donors (Lipinski definition) is 1. The highest BCUT2D eigenvalue weighted by molar-refractivity contribution is 6.13. The van der Waals surface area contributed by atoms with Gasteiger partial charge in [0.1, 0.15) is 0 Å². The van der Waals surface area contributed by atoms with Crippen molar-refractivity contribution in [3.05, 3.63) is 35.9 Å². The van der Waals surface area contributed by atoms with E-state index in [0.717, 1.165) is 0 Å². The number of carbonyl (C=O) groups is 2. The largest absolute Gasteiger partial charge is 0.465 e. The Balaban J connectivity index is 2.36. The van der Waals surface area contributed by atoms with Crippen molar-refractivity contribution in [2.75, 3.05) is 13.2 Å². The highest BCUT2D eigenvalue weighted by Gasteiger charge is 2.50. The topological polar surface area (TPSA) is 63.6 Å². The first kappa shape index (κ1) is 10.8. The molecule has 1 atom stereocenters. The summed E-state index contributed by atoms with van der Waals surface area (Å²) >= 11 is 0. The number of ketones is 1. The van der Waals surface area contributed by atoms with Gasteiger partial charge < -0.3 is 9.84 Å². The number of hydrogen-bond acceptors (Lipinski definition) is 4. The molecule has 1 aromatic rings. The van der Waals surface area contributed by atoms with Crippen LogP contribution in [0.15, 0.2) is 30.3 Å². The Morgan fingerprint density at radius 3 is 2.56 bits per heavy atom. The molecule has 0 aromatic heterocycles. The van der Waals surface area contributed by atoms with Crippen LogP contribution in [0.3, 0.4) is 0 Å². The second-order valence-corrected chi connectivity index (χ2v) is 3.82. The van der Waals surface area contributed by atoms with E-state index < -0.39 is 18.0 Å². The van der Waals surface area contributed by atoms with Gasteiger partial charge in [0.25, 0.3) is 0 Å². The Kier molecular flexibility index (Phi) is 2.75. The first-order valence-corrected chi connectivity index (χ1v) is 5.09. The van der Waals surface area contributed by atoms with Gasteiger partial charge in [-0.3, -0.25) is 9.59 Å². The maximum absolute atomic E-state index is 12.1. The van der Waals surface area contributed by atoms with E-state index in [9.17, 15) is 14.7 Å². The van der Waals surface area contributed by atoms with E-state index in [2.05, 4.69) is 0 Å². The van der Waals surface area contributed by atoms with E-state index in [1.807, 2.05) is 0 Å². The lowest BCUT2D eigenvalue weighted by molar-refractivity contribution is -0.145. The molecule has 4 heteroatoms. The van der Waals surface area contributed by atoms with Gasteiger partial charge >= 0.3 is 5.97 Å². The van der Waals surface area contributed by atoms with Gasteiger partial charge in [-0.15, -0.1) is 0 Å². The Labute approximate surface area is 92.8 Å². The molecule has 1 aliphatic rings. The molecule has 0 aliphatic carbocycles. The number of aliphatic hydroxyl groups excluding tert-OH is 1. The van der Waals surface area contributed by atoms with Crippen LogP contribution in [0, 0.1) is 5.41 Å². The lowest BCUT2D eigenvalue weighted by Crippen LogP contribution is -2.39. The molecule has 1 fully saturated rings. The smallest absolute Gasteiger partial charge is 0.322 e. The quantitative estimate of drug-likeness (QED) is 0.465. The van der Waals surface area contributed by atoms with Gasteiger partial charge in [-0.1, -0.05) is 30.3 Å². The zero-order valence-electron chi connectivity index (χ0n) is 8.68. The summed E-state index contributed by atoms with van der Waals surface area (Å²) in [4.78, 5) is 23.7. The summed E-state index contributed by atoms with van der Waals surface area (Å²) in [5.41, 5.74) is -0.961. The Hall–Kier alpha value is -1.68. The molecule has 2 rings (SSSR count). The Morgan fingerprint density at radius 2 is 2.06 bits per heavy atom. The minimum atomic E-state index is -1.39. The number of aliphatic hydroxyl groups is 1. The van der Waals surface area contributed by atoms with E-state index in [4.69, 9.17) is 4.74 Å². The molecule has 1 N–H and O–H groups in total. The molecule has 0 saturated carbocycles. The minimum Gasteiger partial charge on any atom is -0.465 e. The average molecular weight is 220 g/mol. The van der Waals surface area contributed by atoms with Crippen molar-refractivity contribution in [1.29, 1.82) is 0 Å². The zero-order chi connectivity index (χ0) is 11.6. The van der Waals surface area contributed by atoms with E-state index in [-0.39, 0.29) is 18.8 Å². The van der Waals surface area contributed by atoms with Crippen molar-refractivity contribution >= 4 is 11.8 Å². The summed E-state index contributed by atoms with van der Waals surface area (Å²) in [7, 11) is 0. The maximum Gasteiger partial charge on any atom is 0.322 e. The monoisotopic (exact) mass is 220 g/mol. The van der Waals surface area contributed by atoms with Gasteiger partial charge in [-0.05, 0) is 0 Å². The van der Waals surface area contributed by atoms with Crippen LogP contribution in [-0.4, -0.2) is 30.1 Å². The Bertz CT molecular complexity index is 412. The molecule has 16 heavy (non-hydrogen) atoms. The SMILES string of the molecule is O=C1OCCC1(CO)C(=O)c1ccccc1. The Morgan fingerprint density at radius 1 is 1.38 bits per heavy atom. The molecule has 1 aliphatic heterocycles. The predicted octanol–water partition coefficient (Wildman–Crippen LogP) is 0.795. The van der Waals surface area contributed by atoms with Crippen molar-refractivity contribution in [2.24, 2.45) is 5.41 Å². The standard InChI is InChI=1S/C12H12O4/c13-8-12(6-7-16-11(12)15)10(14)9-4-2-1-3-5-9/h1-5,13H,6-8H2. The third kappa shape index (κ3) is 1.51. The van der Waals surface area contributed by atoms with Crippen LogP contribution in [0.1, 0.15) is 16.8 Å². The number of ether oxygens (including phenoxy) is 1. The molecule has 1 saturated heterocycles. The van der Waals surface area contributed by atoms with Crippen LogP contribution in [-0.2, 0) is 9.53 Å². The highest BCUT2D eigenvalue weighted by Crippen LogP contribution is 2.33. The lowest BCUT2D eigenvalue weighted by atomic mass is 9.80. The second kappa shape index (κ2) is 4.06. The fourth-order valence-corrected chi connectivity index (χ4v) is 1.85. The molecule has 1 heterocycles. The van der Waals surface area contributed by atoms with Crippen LogP contribution < -0.4 is 0 Å². The van der Waals surface area contributed by atoms with Crippen molar-refractivity contribution in [1.82, 2.24) is 0 Å². The van der Waals surface area contributed by atoms with Crippen LogP contribution in [0.4, 0.5) is 0 Å². The molecule has 4 nitrogen and oxygen atoms in total. The summed E-state index contributed by atoms with van der Waals surface area (Å²) in [5.74, 6) is -0.984. The number of cyclic esters (lactones) is 1. The van der Waals surface area contributed by atoms with Crippen molar-refractivity contribution in [2.45, 2.75) is 6.42 Å². The molecule has 0 spiro atoms. The van der Waals surface area contributed by atoms with E-state index in [1.165, 1.54) is 0 Å². The van der Waals surface area contributed by atoms with Gasteiger partial charge in [0, 0.05) is 12.0 Å². The number of esters is 1. The summed E-state index contributed by atoms with van der Waals surface area (Å²) in [6.45, 7) is -0.308. The summed E-state index contributed by atoms with van der Waals surface area (Å²) in [5, 5.41) is 9.30. The average Bonchev–Trinajstić information content (AvgIpc) is 2.72.